The van der Waals surface area contributed by atoms with Crippen molar-refractivity contribution in [3.05, 3.63) is 68.8 Å². The van der Waals surface area contributed by atoms with Crippen LogP contribution in [0.25, 0.3) is 0 Å². The topological polar surface area (TPSA) is 81.5 Å². The molecular formula is C20H22N2O4. The monoisotopic (exact) mass is 354 g/mol. The van der Waals surface area contributed by atoms with E-state index in [1.54, 1.807) is 19.1 Å². The first-order valence-electron chi connectivity index (χ1n) is 8.52. The average Bonchev–Trinajstić information content (AvgIpc) is 2.53. The highest BCUT2D eigenvalue weighted by molar-refractivity contribution is 5.95. The van der Waals surface area contributed by atoms with Crippen LogP contribution in [0.1, 0.15) is 53.4 Å². The second-order valence-electron chi connectivity index (χ2n) is 7.39. The lowest BCUT2D eigenvalue weighted by Gasteiger charge is -2.38. The second kappa shape index (κ2) is 6.44. The Bertz CT molecular complexity index is 889. The molecule has 1 heterocycles. The number of benzene rings is 2. The van der Waals surface area contributed by atoms with Gasteiger partial charge in [-0.25, -0.2) is 0 Å². The number of rotatable bonds is 3. The molecule has 0 spiro atoms. The van der Waals surface area contributed by atoms with E-state index in [2.05, 4.69) is 5.32 Å². The minimum Gasteiger partial charge on any atom is -0.487 e. The van der Waals surface area contributed by atoms with Gasteiger partial charge in [-0.15, -0.1) is 0 Å². The Morgan fingerprint density at radius 3 is 2.65 bits per heavy atom. The normalized spacial score (nSPS) is 17.8. The van der Waals surface area contributed by atoms with Gasteiger partial charge in [0.05, 0.1) is 11.0 Å². The molecule has 1 aliphatic rings. The second-order valence-corrected chi connectivity index (χ2v) is 7.39. The summed E-state index contributed by atoms with van der Waals surface area (Å²) in [5, 5.41) is 14.1. The largest absolute Gasteiger partial charge is 0.487 e. The Hall–Kier alpha value is -2.89. The van der Waals surface area contributed by atoms with Crippen LogP contribution in [0.5, 0.6) is 5.75 Å². The van der Waals surface area contributed by atoms with Crippen molar-refractivity contribution in [2.75, 3.05) is 0 Å². The summed E-state index contributed by atoms with van der Waals surface area (Å²) in [7, 11) is 0. The van der Waals surface area contributed by atoms with E-state index in [0.29, 0.717) is 12.0 Å². The summed E-state index contributed by atoms with van der Waals surface area (Å²) in [6, 6.07) is 10.2. The number of aryl methyl sites for hydroxylation is 2. The van der Waals surface area contributed by atoms with Crippen LogP contribution in [0.15, 0.2) is 36.4 Å². The van der Waals surface area contributed by atoms with Crippen LogP contribution in [0.3, 0.4) is 0 Å². The van der Waals surface area contributed by atoms with Gasteiger partial charge in [-0.3, -0.25) is 14.9 Å². The van der Waals surface area contributed by atoms with Gasteiger partial charge in [-0.05, 0) is 45.4 Å². The molecule has 0 radical (unpaired) electrons. The molecule has 6 heteroatoms. The molecule has 0 aromatic heterocycles. The predicted molar refractivity (Wildman–Crippen MR) is 98.5 cm³/mol. The standard InChI is InChI=1S/C20H22N2O4/c1-12-5-8-15-16(11-20(3,4)26-18(15)9-12)21-19(23)14-7-6-13(2)17(10-14)22(24)25/h5-10,16H,11H2,1-4H3,(H,21,23)/t16-/m0/s1. The third-order valence-corrected chi connectivity index (χ3v) is 4.60. The number of fused-ring (bicyclic) bond motifs is 1. The van der Waals surface area contributed by atoms with Crippen molar-refractivity contribution in [1.29, 1.82) is 0 Å². The van der Waals surface area contributed by atoms with Crippen molar-refractivity contribution in [1.82, 2.24) is 5.32 Å². The number of carbonyl (C=O) groups is 1. The van der Waals surface area contributed by atoms with Gasteiger partial charge in [0.2, 0.25) is 0 Å². The zero-order valence-electron chi connectivity index (χ0n) is 15.3. The Kier molecular flexibility index (Phi) is 4.44. The van der Waals surface area contributed by atoms with Gasteiger partial charge in [0.1, 0.15) is 11.4 Å². The fourth-order valence-corrected chi connectivity index (χ4v) is 3.28. The first-order chi connectivity index (χ1) is 12.2. The first kappa shape index (κ1) is 17.9. The summed E-state index contributed by atoms with van der Waals surface area (Å²) >= 11 is 0. The molecule has 1 N–H and O–H groups in total. The molecule has 26 heavy (non-hydrogen) atoms. The van der Waals surface area contributed by atoms with E-state index in [0.717, 1.165) is 16.9 Å². The molecule has 0 saturated heterocycles. The maximum absolute atomic E-state index is 12.7. The molecule has 136 valence electrons. The zero-order chi connectivity index (χ0) is 19.1. The minimum atomic E-state index is -0.470. The average molecular weight is 354 g/mol. The van der Waals surface area contributed by atoms with Gasteiger partial charge >= 0.3 is 0 Å². The van der Waals surface area contributed by atoms with Crippen LogP contribution in [-0.2, 0) is 0 Å². The molecule has 6 nitrogen and oxygen atoms in total. The minimum absolute atomic E-state index is 0.0546. The number of nitrogens with one attached hydrogen (secondary N) is 1. The van der Waals surface area contributed by atoms with Crippen LogP contribution in [0.2, 0.25) is 0 Å². The fraction of sp³-hybridized carbons (Fsp3) is 0.350. The summed E-state index contributed by atoms with van der Waals surface area (Å²) < 4.78 is 6.04. The molecule has 2 aromatic rings. The third-order valence-electron chi connectivity index (χ3n) is 4.60. The molecule has 1 atom stereocenters. The van der Waals surface area contributed by atoms with Crippen molar-refractivity contribution in [2.24, 2.45) is 0 Å². The fourth-order valence-electron chi connectivity index (χ4n) is 3.28. The molecule has 2 aromatic carbocycles. The van der Waals surface area contributed by atoms with Crippen LogP contribution < -0.4 is 10.1 Å². The smallest absolute Gasteiger partial charge is 0.273 e. The Morgan fingerprint density at radius 2 is 1.96 bits per heavy atom. The highest BCUT2D eigenvalue weighted by Crippen LogP contribution is 2.40. The van der Waals surface area contributed by atoms with Crippen molar-refractivity contribution in [3.63, 3.8) is 0 Å². The number of nitrogens with zero attached hydrogens (tertiary/aromatic N) is 1. The summed E-state index contributed by atoms with van der Waals surface area (Å²) in [5.41, 5.74) is 2.34. The van der Waals surface area contributed by atoms with Gasteiger partial charge in [-0.1, -0.05) is 18.2 Å². The van der Waals surface area contributed by atoms with Gasteiger partial charge in [0, 0.05) is 29.2 Å². The van der Waals surface area contributed by atoms with Crippen molar-refractivity contribution < 1.29 is 14.5 Å². The molecule has 0 bridgehead atoms. The van der Waals surface area contributed by atoms with Crippen LogP contribution in [0.4, 0.5) is 5.69 Å². The highest BCUT2D eigenvalue weighted by Gasteiger charge is 2.34. The summed E-state index contributed by atoms with van der Waals surface area (Å²) in [4.78, 5) is 23.4. The first-order valence-corrected chi connectivity index (χ1v) is 8.52. The van der Waals surface area contributed by atoms with Gasteiger partial charge in [-0.2, -0.15) is 0 Å². The van der Waals surface area contributed by atoms with E-state index in [4.69, 9.17) is 4.74 Å². The van der Waals surface area contributed by atoms with E-state index in [1.807, 2.05) is 39.0 Å². The molecular weight excluding hydrogens is 332 g/mol. The third kappa shape index (κ3) is 3.54. The molecule has 1 aliphatic heterocycles. The van der Waals surface area contributed by atoms with Crippen molar-refractivity contribution in [2.45, 2.75) is 45.8 Å². The Morgan fingerprint density at radius 1 is 1.23 bits per heavy atom. The molecule has 0 saturated carbocycles. The molecule has 1 amide bonds. The quantitative estimate of drug-likeness (QED) is 0.660. The number of amides is 1. The molecule has 0 aliphatic carbocycles. The number of carbonyl (C=O) groups excluding carboxylic acids is 1. The number of hydrogen-bond donors (Lipinski definition) is 1. The molecule has 3 rings (SSSR count). The number of nitro groups is 1. The van der Waals surface area contributed by atoms with E-state index >= 15 is 0 Å². The van der Waals surface area contributed by atoms with E-state index in [-0.39, 0.29) is 23.2 Å². The zero-order valence-corrected chi connectivity index (χ0v) is 15.3. The van der Waals surface area contributed by atoms with Gasteiger partial charge < -0.3 is 10.1 Å². The van der Waals surface area contributed by atoms with Crippen molar-refractivity contribution in [3.8, 4) is 5.75 Å². The molecule has 0 fully saturated rings. The Labute approximate surface area is 152 Å². The lowest BCUT2D eigenvalue weighted by atomic mass is 9.89. The van der Waals surface area contributed by atoms with Gasteiger partial charge in [0.15, 0.2) is 0 Å². The summed E-state index contributed by atoms with van der Waals surface area (Å²) in [6.45, 7) is 7.60. The van der Waals surface area contributed by atoms with Gasteiger partial charge in [0.25, 0.3) is 11.6 Å². The number of hydrogen-bond acceptors (Lipinski definition) is 4. The predicted octanol–water partition coefficient (Wildman–Crippen LogP) is 4.24. The lowest BCUT2D eigenvalue weighted by Crippen LogP contribution is -2.41. The highest BCUT2D eigenvalue weighted by atomic mass is 16.6. The van der Waals surface area contributed by atoms with Crippen LogP contribution in [0, 0.1) is 24.0 Å². The van der Waals surface area contributed by atoms with Crippen molar-refractivity contribution >= 4 is 11.6 Å². The van der Waals surface area contributed by atoms with Crippen LogP contribution >= 0.6 is 0 Å². The number of nitro benzene ring substituents is 1. The van der Waals surface area contributed by atoms with E-state index in [1.165, 1.54) is 6.07 Å². The lowest BCUT2D eigenvalue weighted by molar-refractivity contribution is -0.385. The molecule has 0 unspecified atom stereocenters. The summed E-state index contributed by atoms with van der Waals surface area (Å²) in [5.74, 6) is 0.434. The Balaban J connectivity index is 1.90. The van der Waals surface area contributed by atoms with E-state index < -0.39 is 10.5 Å². The van der Waals surface area contributed by atoms with Crippen LogP contribution in [-0.4, -0.2) is 16.4 Å². The SMILES string of the molecule is Cc1ccc2c(c1)OC(C)(C)C[C@@H]2NC(=O)c1ccc(C)c([N+](=O)[O-])c1. The number of ether oxygens (including phenoxy) is 1. The maximum atomic E-state index is 12.7. The summed E-state index contributed by atoms with van der Waals surface area (Å²) in [6.07, 6.45) is 0.614. The van der Waals surface area contributed by atoms with E-state index in [9.17, 15) is 14.9 Å². The maximum Gasteiger partial charge on any atom is 0.273 e.